The summed E-state index contributed by atoms with van der Waals surface area (Å²) in [6, 6.07) is 15.1. The summed E-state index contributed by atoms with van der Waals surface area (Å²) in [5.41, 5.74) is 7.25. The van der Waals surface area contributed by atoms with Gasteiger partial charge in [-0.1, -0.05) is 53.7 Å². The van der Waals surface area contributed by atoms with Gasteiger partial charge in [-0.2, -0.15) is 0 Å². The van der Waals surface area contributed by atoms with Crippen molar-refractivity contribution in [1.82, 2.24) is 4.98 Å². The zero-order chi connectivity index (χ0) is 14.8. The molecule has 0 fully saturated rings. The zero-order valence-electron chi connectivity index (χ0n) is 10.8. The monoisotopic (exact) mass is 334 g/mol. The summed E-state index contributed by atoms with van der Waals surface area (Å²) in [7, 11) is 0. The van der Waals surface area contributed by atoms with Gasteiger partial charge in [0.2, 0.25) is 5.91 Å². The lowest BCUT2D eigenvalue weighted by molar-refractivity contribution is -0.117. The molecule has 0 bridgehead atoms. The molecule has 2 N–H and O–H groups in total. The highest BCUT2D eigenvalue weighted by Gasteiger charge is 2.21. The number of amides is 1. The lowest BCUT2D eigenvalue weighted by Crippen LogP contribution is -2.18. The third kappa shape index (κ3) is 3.20. The smallest absolute Gasteiger partial charge is 0.235 e. The van der Waals surface area contributed by atoms with Crippen LogP contribution in [0.5, 0.6) is 0 Å². The summed E-state index contributed by atoms with van der Waals surface area (Å²) in [5, 5.41) is 0.209. The van der Waals surface area contributed by atoms with E-state index in [0.717, 1.165) is 20.1 Å². The number of carbonyl (C=O) groups is 1. The van der Waals surface area contributed by atoms with Gasteiger partial charge in [0.1, 0.15) is 5.25 Å². The van der Waals surface area contributed by atoms with Crippen molar-refractivity contribution in [3.05, 3.63) is 59.1 Å². The van der Waals surface area contributed by atoms with Gasteiger partial charge in [0.05, 0.1) is 10.2 Å². The van der Waals surface area contributed by atoms with E-state index < -0.39 is 5.25 Å². The van der Waals surface area contributed by atoms with Crippen LogP contribution in [0.4, 0.5) is 0 Å². The summed E-state index contributed by atoms with van der Waals surface area (Å²) in [6.07, 6.45) is 0. The molecule has 1 atom stereocenters. The lowest BCUT2D eigenvalue weighted by atomic mass is 10.1. The maximum Gasteiger partial charge on any atom is 0.235 e. The molecule has 6 heteroatoms. The van der Waals surface area contributed by atoms with Crippen molar-refractivity contribution in [1.29, 1.82) is 0 Å². The molecule has 0 unspecified atom stereocenters. The number of primary amides is 1. The quantitative estimate of drug-likeness (QED) is 0.725. The van der Waals surface area contributed by atoms with Gasteiger partial charge in [-0.3, -0.25) is 4.79 Å². The second kappa shape index (κ2) is 6.05. The van der Waals surface area contributed by atoms with E-state index in [9.17, 15) is 4.79 Å². The number of rotatable bonds is 4. The Morgan fingerprint density at radius 3 is 2.71 bits per heavy atom. The molecule has 21 heavy (non-hydrogen) atoms. The molecular weight excluding hydrogens is 324 g/mol. The average molecular weight is 335 g/mol. The van der Waals surface area contributed by atoms with E-state index in [1.54, 1.807) is 0 Å². The number of aromatic nitrogens is 1. The molecule has 3 nitrogen and oxygen atoms in total. The third-order valence-electron chi connectivity index (χ3n) is 2.91. The van der Waals surface area contributed by atoms with E-state index in [0.29, 0.717) is 5.02 Å². The minimum Gasteiger partial charge on any atom is -0.368 e. The molecule has 0 radical (unpaired) electrons. The first-order valence-corrected chi connectivity index (χ1v) is 8.28. The number of thioether (sulfide) groups is 1. The highest BCUT2D eigenvalue weighted by molar-refractivity contribution is 8.02. The second-order valence-corrected chi connectivity index (χ2v) is 7.22. The molecular formula is C15H11ClN2OS2. The van der Waals surface area contributed by atoms with Crippen molar-refractivity contribution in [2.24, 2.45) is 5.73 Å². The van der Waals surface area contributed by atoms with Crippen molar-refractivity contribution in [3.63, 3.8) is 0 Å². The highest BCUT2D eigenvalue weighted by Crippen LogP contribution is 2.39. The van der Waals surface area contributed by atoms with Crippen LogP contribution in [0, 0.1) is 0 Å². The van der Waals surface area contributed by atoms with Crippen LogP contribution in [-0.2, 0) is 4.79 Å². The van der Waals surface area contributed by atoms with E-state index >= 15 is 0 Å². The maximum atomic E-state index is 11.7. The molecule has 1 amide bonds. The van der Waals surface area contributed by atoms with E-state index in [2.05, 4.69) is 4.98 Å². The van der Waals surface area contributed by atoms with Gasteiger partial charge in [-0.25, -0.2) is 4.98 Å². The number of thiazole rings is 1. The Morgan fingerprint density at radius 2 is 2.00 bits per heavy atom. The molecule has 1 aromatic heterocycles. The van der Waals surface area contributed by atoms with Gasteiger partial charge in [-0.15, -0.1) is 11.3 Å². The number of benzene rings is 2. The normalized spacial score (nSPS) is 12.4. The Labute approximate surface area is 135 Å². The van der Waals surface area contributed by atoms with E-state index in [4.69, 9.17) is 17.3 Å². The van der Waals surface area contributed by atoms with Gasteiger partial charge < -0.3 is 5.73 Å². The number of fused-ring (bicyclic) bond motifs is 1. The third-order valence-corrected chi connectivity index (χ3v) is 5.55. The average Bonchev–Trinajstić information content (AvgIpc) is 2.87. The van der Waals surface area contributed by atoms with Crippen LogP contribution in [0.25, 0.3) is 10.2 Å². The highest BCUT2D eigenvalue weighted by atomic mass is 35.5. The first-order valence-electron chi connectivity index (χ1n) is 6.20. The van der Waals surface area contributed by atoms with E-state index in [-0.39, 0.29) is 5.91 Å². The number of halogens is 1. The van der Waals surface area contributed by atoms with E-state index in [1.165, 1.54) is 23.1 Å². The number of carbonyl (C=O) groups excluding carboxylic acids is 1. The van der Waals surface area contributed by atoms with Gasteiger partial charge in [-0.05, 0) is 23.8 Å². The predicted molar refractivity (Wildman–Crippen MR) is 88.9 cm³/mol. The second-order valence-electron chi connectivity index (χ2n) is 4.40. The zero-order valence-corrected chi connectivity index (χ0v) is 13.2. The Morgan fingerprint density at radius 1 is 1.24 bits per heavy atom. The first-order chi connectivity index (χ1) is 10.1. The molecule has 3 aromatic rings. The van der Waals surface area contributed by atoms with Crippen LogP contribution in [0.15, 0.2) is 52.9 Å². The summed E-state index contributed by atoms with van der Waals surface area (Å²) in [6.45, 7) is 0. The van der Waals surface area contributed by atoms with Crippen LogP contribution < -0.4 is 5.73 Å². The topological polar surface area (TPSA) is 56.0 Å². The largest absolute Gasteiger partial charge is 0.368 e. The molecule has 0 aliphatic carbocycles. The SMILES string of the molecule is NC(=O)[C@H](Sc1nc2cc(Cl)ccc2s1)c1ccccc1. The molecule has 0 saturated heterocycles. The molecule has 2 aromatic carbocycles. The Hall–Kier alpha value is -1.56. The van der Waals surface area contributed by atoms with Crippen molar-refractivity contribution in [3.8, 4) is 0 Å². The summed E-state index contributed by atoms with van der Waals surface area (Å²) >= 11 is 8.87. The van der Waals surface area contributed by atoms with Crippen LogP contribution in [-0.4, -0.2) is 10.9 Å². The van der Waals surface area contributed by atoms with Crippen molar-refractivity contribution in [2.75, 3.05) is 0 Å². The summed E-state index contributed by atoms with van der Waals surface area (Å²) < 4.78 is 1.85. The Bertz CT molecular complexity index is 789. The maximum absolute atomic E-state index is 11.7. The standard InChI is InChI=1S/C15H11ClN2OS2/c16-10-6-7-12-11(8-10)18-15(20-12)21-13(14(17)19)9-4-2-1-3-5-9/h1-8,13H,(H2,17,19)/t13-/m1/s1. The van der Waals surface area contributed by atoms with Gasteiger partial charge in [0.15, 0.2) is 4.34 Å². The molecule has 0 aliphatic rings. The lowest BCUT2D eigenvalue weighted by Gasteiger charge is -2.11. The molecule has 0 spiro atoms. The fourth-order valence-electron chi connectivity index (χ4n) is 1.95. The molecule has 0 saturated carbocycles. The molecule has 106 valence electrons. The number of hydrogen-bond acceptors (Lipinski definition) is 4. The van der Waals surface area contributed by atoms with Crippen LogP contribution >= 0.6 is 34.7 Å². The Balaban J connectivity index is 1.93. The van der Waals surface area contributed by atoms with Gasteiger partial charge >= 0.3 is 0 Å². The number of nitrogens with two attached hydrogens (primary N) is 1. The predicted octanol–water partition coefficient (Wildman–Crippen LogP) is 4.27. The minimum absolute atomic E-state index is 0.372. The fourth-order valence-corrected chi connectivity index (χ4v) is 4.31. The van der Waals surface area contributed by atoms with Crippen molar-refractivity contribution >= 4 is 50.8 Å². The van der Waals surface area contributed by atoms with Crippen molar-refractivity contribution in [2.45, 2.75) is 9.59 Å². The van der Waals surface area contributed by atoms with Crippen molar-refractivity contribution < 1.29 is 4.79 Å². The minimum atomic E-state index is -0.442. The fraction of sp³-hybridized carbons (Fsp3) is 0.0667. The van der Waals surface area contributed by atoms with Crippen LogP contribution in [0.1, 0.15) is 10.8 Å². The number of hydrogen-bond donors (Lipinski definition) is 1. The molecule has 3 rings (SSSR count). The van der Waals surface area contributed by atoms with E-state index in [1.807, 2.05) is 48.5 Å². The Kier molecular flexibility index (Phi) is 4.14. The first kappa shape index (κ1) is 14.4. The van der Waals surface area contributed by atoms with Crippen LogP contribution in [0.2, 0.25) is 5.02 Å². The molecule has 0 aliphatic heterocycles. The van der Waals surface area contributed by atoms with Crippen LogP contribution in [0.3, 0.4) is 0 Å². The van der Waals surface area contributed by atoms with Gasteiger partial charge in [0.25, 0.3) is 0 Å². The van der Waals surface area contributed by atoms with Gasteiger partial charge in [0, 0.05) is 5.02 Å². The summed E-state index contributed by atoms with van der Waals surface area (Å²) in [5.74, 6) is -0.372. The number of nitrogens with zero attached hydrogens (tertiary/aromatic N) is 1. The molecule has 1 heterocycles. The summed E-state index contributed by atoms with van der Waals surface area (Å²) in [4.78, 5) is 16.2.